The third kappa shape index (κ3) is 5.85. The first-order valence-electron chi connectivity index (χ1n) is 17.0. The Labute approximate surface area is 288 Å². The van der Waals surface area contributed by atoms with Crippen LogP contribution in [0.2, 0.25) is 5.02 Å². The Morgan fingerprint density at radius 2 is 1.92 bits per heavy atom. The van der Waals surface area contributed by atoms with Crippen molar-refractivity contribution >= 4 is 39.3 Å². The van der Waals surface area contributed by atoms with Gasteiger partial charge in [0.15, 0.2) is 0 Å². The molecule has 2 saturated carbocycles. The molecule has 2 aromatic rings. The van der Waals surface area contributed by atoms with E-state index in [-0.39, 0.29) is 22.1 Å². The standard InChI is InChI=1S/C36H45ClN4O6S/c1-39(2)34(43)47-31-8-5-18-40(3)36(16-6-17-36)33(42)38-48(44,45)27-11-14-32-30(20-27)41(21-25-9-12-28(25)31)22-35(23-46-32)15-4-7-24-19-26(37)10-13-29(24)35/h5,8,10-11,13-14,19-20,25,28,31H,4,6-7,9,12,15-18,21-23H2,1-3H3,(H,38,42)/b8-5+/t25-,28+,31-,35-/m0/s1. The van der Waals surface area contributed by atoms with Crippen LogP contribution in [0.5, 0.6) is 5.75 Å². The van der Waals surface area contributed by atoms with E-state index in [4.69, 9.17) is 21.1 Å². The van der Waals surface area contributed by atoms with Crippen LogP contribution >= 0.6 is 11.6 Å². The summed E-state index contributed by atoms with van der Waals surface area (Å²) in [7, 11) is 1.03. The van der Waals surface area contributed by atoms with Crippen LogP contribution in [-0.4, -0.2) is 89.2 Å². The number of ether oxygens (including phenoxy) is 2. The number of hydrogen-bond donors (Lipinski definition) is 1. The largest absolute Gasteiger partial charge is 0.490 e. The van der Waals surface area contributed by atoms with Gasteiger partial charge in [0.05, 0.1) is 17.2 Å². The molecule has 2 fully saturated rings. The number of carbonyl (C=O) groups is 2. The van der Waals surface area contributed by atoms with Crippen molar-refractivity contribution in [2.24, 2.45) is 11.8 Å². The van der Waals surface area contributed by atoms with Gasteiger partial charge in [0, 0.05) is 50.1 Å². The van der Waals surface area contributed by atoms with Crippen LogP contribution in [0.4, 0.5) is 10.5 Å². The first-order valence-corrected chi connectivity index (χ1v) is 18.9. The predicted octanol–water partition coefficient (Wildman–Crippen LogP) is 5.14. The van der Waals surface area contributed by atoms with E-state index in [1.807, 2.05) is 30.2 Å². The number of sulfonamides is 1. The molecule has 2 aliphatic heterocycles. The first-order chi connectivity index (χ1) is 22.9. The molecule has 5 aliphatic rings. The molecule has 2 bridgehead atoms. The number of amides is 2. The number of hydrogen-bond acceptors (Lipinski definition) is 8. The fourth-order valence-electron chi connectivity index (χ4n) is 8.39. The average Bonchev–Trinajstić information content (AvgIpc) is 3.14. The molecular formula is C36H45ClN4O6S. The molecular weight excluding hydrogens is 652 g/mol. The SMILES string of the molecule is CN(C)C(=O)O[C@H]1/C=C/CN(C)C2(CCC2)C(=O)NS(=O)(=O)c2ccc3c(c2)N(C[C@@H]2CC[C@H]21)C[C@@]1(CCCc2cc(Cl)ccc21)CO3. The molecule has 2 aromatic carbocycles. The molecule has 0 unspecified atom stereocenters. The normalized spacial score (nSPS) is 30.0. The van der Waals surface area contributed by atoms with Crippen molar-refractivity contribution in [2.45, 2.75) is 73.3 Å². The van der Waals surface area contributed by atoms with Gasteiger partial charge in [0.25, 0.3) is 15.9 Å². The van der Waals surface area contributed by atoms with Gasteiger partial charge in [-0.25, -0.2) is 17.9 Å². The molecule has 2 spiro atoms. The molecule has 0 radical (unpaired) electrons. The maximum Gasteiger partial charge on any atom is 0.409 e. The zero-order valence-electron chi connectivity index (χ0n) is 27.9. The van der Waals surface area contributed by atoms with Crippen LogP contribution in [0.1, 0.15) is 56.1 Å². The highest BCUT2D eigenvalue weighted by Gasteiger charge is 2.49. The topological polar surface area (TPSA) is 108 Å². The lowest BCUT2D eigenvalue weighted by atomic mass is 9.68. The molecule has 4 atom stereocenters. The number of carbonyl (C=O) groups excluding carboxylic acids is 2. The van der Waals surface area contributed by atoms with E-state index in [9.17, 15) is 18.0 Å². The number of aryl methyl sites for hydroxylation is 1. The van der Waals surface area contributed by atoms with Crippen molar-refractivity contribution in [3.63, 3.8) is 0 Å². The zero-order chi connectivity index (χ0) is 33.8. The summed E-state index contributed by atoms with van der Waals surface area (Å²) >= 11 is 6.43. The molecule has 258 valence electrons. The van der Waals surface area contributed by atoms with E-state index < -0.39 is 33.7 Å². The summed E-state index contributed by atoms with van der Waals surface area (Å²) < 4.78 is 42.8. The van der Waals surface area contributed by atoms with Crippen molar-refractivity contribution in [2.75, 3.05) is 52.3 Å². The molecule has 1 N–H and O–H groups in total. The second-order valence-corrected chi connectivity index (χ2v) is 16.7. The molecule has 2 amide bonds. The lowest BCUT2D eigenvalue weighted by Crippen LogP contribution is -2.62. The van der Waals surface area contributed by atoms with E-state index in [0.717, 1.165) is 38.5 Å². The summed E-state index contributed by atoms with van der Waals surface area (Å²) in [5.41, 5.74) is 1.87. The monoisotopic (exact) mass is 696 g/mol. The molecule has 10 nitrogen and oxygen atoms in total. The van der Waals surface area contributed by atoms with Crippen molar-refractivity contribution in [3.8, 4) is 5.75 Å². The highest BCUT2D eigenvalue weighted by Crippen LogP contribution is 2.47. The van der Waals surface area contributed by atoms with E-state index in [1.54, 1.807) is 26.2 Å². The maximum atomic E-state index is 13.8. The molecule has 12 heteroatoms. The van der Waals surface area contributed by atoms with Crippen LogP contribution in [0.3, 0.4) is 0 Å². The number of likely N-dealkylation sites (N-methyl/N-ethyl adjacent to an activating group) is 1. The van der Waals surface area contributed by atoms with Gasteiger partial charge in [-0.15, -0.1) is 0 Å². The highest BCUT2D eigenvalue weighted by molar-refractivity contribution is 7.90. The van der Waals surface area contributed by atoms with Gasteiger partial charge < -0.3 is 19.3 Å². The second kappa shape index (κ2) is 12.6. The minimum atomic E-state index is -4.17. The Bertz CT molecular complexity index is 1740. The lowest BCUT2D eigenvalue weighted by Gasteiger charge is -2.47. The minimum absolute atomic E-state index is 0.0297. The van der Waals surface area contributed by atoms with Crippen molar-refractivity contribution in [1.82, 2.24) is 14.5 Å². The Hall–Kier alpha value is -3.28. The minimum Gasteiger partial charge on any atom is -0.490 e. The maximum absolute atomic E-state index is 13.8. The number of anilines is 1. The van der Waals surface area contributed by atoms with Crippen LogP contribution in [0.15, 0.2) is 53.4 Å². The summed E-state index contributed by atoms with van der Waals surface area (Å²) in [5.74, 6) is 0.360. The Morgan fingerprint density at radius 3 is 2.62 bits per heavy atom. The fraction of sp³-hybridized carbons (Fsp3) is 0.556. The highest BCUT2D eigenvalue weighted by atomic mass is 35.5. The van der Waals surface area contributed by atoms with Crippen LogP contribution in [0, 0.1) is 11.8 Å². The number of benzene rings is 2. The quantitative estimate of drug-likeness (QED) is 0.409. The second-order valence-electron chi connectivity index (χ2n) is 14.6. The Balaban J connectivity index is 1.32. The van der Waals surface area contributed by atoms with Crippen molar-refractivity contribution < 1.29 is 27.5 Å². The van der Waals surface area contributed by atoms with Gasteiger partial charge in [0.2, 0.25) is 0 Å². The molecule has 0 saturated heterocycles. The lowest BCUT2D eigenvalue weighted by molar-refractivity contribution is -0.136. The number of fused-ring (bicyclic) bond motifs is 4. The summed E-state index contributed by atoms with van der Waals surface area (Å²) in [5, 5.41) is 0.712. The predicted molar refractivity (Wildman–Crippen MR) is 184 cm³/mol. The Kier molecular flexibility index (Phi) is 8.69. The number of nitrogens with one attached hydrogen (secondary N) is 1. The molecule has 48 heavy (non-hydrogen) atoms. The van der Waals surface area contributed by atoms with Crippen molar-refractivity contribution in [1.29, 1.82) is 0 Å². The number of nitrogens with zero attached hydrogens (tertiary/aromatic N) is 3. The van der Waals surface area contributed by atoms with Crippen LogP contribution in [0.25, 0.3) is 0 Å². The summed E-state index contributed by atoms with van der Waals surface area (Å²) in [6.45, 7) is 2.12. The molecule has 7 rings (SSSR count). The molecule has 3 aliphatic carbocycles. The third-order valence-corrected chi connectivity index (χ3v) is 13.1. The van der Waals surface area contributed by atoms with Gasteiger partial charge in [-0.3, -0.25) is 9.69 Å². The average molecular weight is 697 g/mol. The van der Waals surface area contributed by atoms with Crippen LogP contribution in [-0.2, 0) is 31.4 Å². The summed E-state index contributed by atoms with van der Waals surface area (Å²) in [4.78, 5) is 32.3. The van der Waals surface area contributed by atoms with Gasteiger partial charge in [-0.2, -0.15) is 0 Å². The molecule has 2 heterocycles. The van der Waals surface area contributed by atoms with E-state index in [0.29, 0.717) is 55.5 Å². The number of halogens is 1. The first kappa shape index (κ1) is 33.2. The number of rotatable bonds is 1. The van der Waals surface area contributed by atoms with Gasteiger partial charge in [-0.1, -0.05) is 23.7 Å². The van der Waals surface area contributed by atoms with Gasteiger partial charge in [-0.05, 0) is 112 Å². The zero-order valence-corrected chi connectivity index (χ0v) is 29.5. The Morgan fingerprint density at radius 1 is 1.10 bits per heavy atom. The van der Waals surface area contributed by atoms with Gasteiger partial charge in [0.1, 0.15) is 17.4 Å². The van der Waals surface area contributed by atoms with E-state index in [1.165, 1.54) is 22.1 Å². The van der Waals surface area contributed by atoms with Crippen LogP contribution < -0.4 is 14.4 Å². The summed E-state index contributed by atoms with van der Waals surface area (Å²) in [6, 6.07) is 11.0. The van der Waals surface area contributed by atoms with Crippen molar-refractivity contribution in [3.05, 3.63) is 64.7 Å². The van der Waals surface area contributed by atoms with E-state index >= 15 is 0 Å². The van der Waals surface area contributed by atoms with Gasteiger partial charge >= 0.3 is 6.09 Å². The summed E-state index contributed by atoms with van der Waals surface area (Å²) in [6.07, 6.45) is 9.74. The van der Waals surface area contributed by atoms with E-state index in [2.05, 4.69) is 21.8 Å². The smallest absolute Gasteiger partial charge is 0.409 e. The fourth-order valence-corrected chi connectivity index (χ4v) is 9.65. The third-order valence-electron chi connectivity index (χ3n) is 11.5. The molecule has 0 aromatic heterocycles.